The minimum Gasteiger partial charge on any atom is -0.481 e. The Bertz CT molecular complexity index is 899. The van der Waals surface area contributed by atoms with Crippen molar-refractivity contribution in [2.75, 3.05) is 6.54 Å². The van der Waals surface area contributed by atoms with Gasteiger partial charge in [0.25, 0.3) is 0 Å². The SMILES string of the molecule is CCC(CC)C(=O)NC(CC1CCCCC1)C(O)CC(=O)N[C@@H](CCC(=O)O)C(=O)NCCc1ccccc1. The maximum atomic E-state index is 12.9. The molecule has 9 nitrogen and oxygen atoms in total. The molecule has 0 spiro atoms. The molecule has 5 N–H and O–H groups in total. The van der Waals surface area contributed by atoms with Gasteiger partial charge in [0.1, 0.15) is 6.04 Å². The lowest BCUT2D eigenvalue weighted by Crippen LogP contribution is -2.51. The van der Waals surface area contributed by atoms with Crippen molar-refractivity contribution < 1.29 is 29.4 Å². The maximum absolute atomic E-state index is 12.9. The number of aliphatic hydroxyl groups is 1. The highest BCUT2D eigenvalue weighted by Gasteiger charge is 2.30. The fourth-order valence-corrected chi connectivity index (χ4v) is 5.27. The molecule has 2 unspecified atom stereocenters. The van der Waals surface area contributed by atoms with Gasteiger partial charge in [0.2, 0.25) is 17.7 Å². The average Bonchev–Trinajstić information content (AvgIpc) is 2.92. The quantitative estimate of drug-likeness (QED) is 0.203. The zero-order valence-corrected chi connectivity index (χ0v) is 23.5. The first-order chi connectivity index (χ1) is 18.7. The normalized spacial score (nSPS) is 16.2. The van der Waals surface area contributed by atoms with E-state index >= 15 is 0 Å². The molecule has 1 aliphatic carbocycles. The topological polar surface area (TPSA) is 145 Å². The third kappa shape index (κ3) is 12.2. The number of carbonyl (C=O) groups is 4. The van der Waals surface area contributed by atoms with E-state index in [4.69, 9.17) is 5.11 Å². The first-order valence-corrected chi connectivity index (χ1v) is 14.5. The number of carboxylic acids is 1. The van der Waals surface area contributed by atoms with Crippen molar-refractivity contribution in [1.82, 2.24) is 16.0 Å². The molecule has 0 aromatic heterocycles. The predicted molar refractivity (Wildman–Crippen MR) is 150 cm³/mol. The number of carbonyl (C=O) groups excluding carboxylic acids is 3. The number of rotatable bonds is 17. The van der Waals surface area contributed by atoms with Gasteiger partial charge in [-0.25, -0.2) is 0 Å². The van der Waals surface area contributed by atoms with E-state index < -0.39 is 36.0 Å². The van der Waals surface area contributed by atoms with Crippen molar-refractivity contribution in [2.24, 2.45) is 11.8 Å². The maximum Gasteiger partial charge on any atom is 0.303 e. The number of benzene rings is 1. The molecule has 1 aliphatic rings. The van der Waals surface area contributed by atoms with Gasteiger partial charge in [-0.1, -0.05) is 76.3 Å². The summed E-state index contributed by atoms with van der Waals surface area (Å²) < 4.78 is 0. The van der Waals surface area contributed by atoms with E-state index in [1.807, 2.05) is 44.2 Å². The van der Waals surface area contributed by atoms with E-state index in [0.29, 0.717) is 38.1 Å². The van der Waals surface area contributed by atoms with Crippen LogP contribution in [0.3, 0.4) is 0 Å². The van der Waals surface area contributed by atoms with E-state index in [1.54, 1.807) is 0 Å². The molecule has 0 aliphatic heterocycles. The highest BCUT2D eigenvalue weighted by Crippen LogP contribution is 2.28. The third-order valence-corrected chi connectivity index (χ3v) is 7.71. The number of aliphatic carboxylic acids is 1. The summed E-state index contributed by atoms with van der Waals surface area (Å²) in [6.07, 6.45) is 6.35. The average molecular weight is 546 g/mol. The molecule has 3 amide bonds. The van der Waals surface area contributed by atoms with E-state index in [2.05, 4.69) is 16.0 Å². The van der Waals surface area contributed by atoms with E-state index in [1.165, 1.54) is 6.42 Å². The molecule has 0 radical (unpaired) electrons. The first-order valence-electron chi connectivity index (χ1n) is 14.5. The lowest BCUT2D eigenvalue weighted by molar-refractivity contribution is -0.138. The molecular formula is C30H47N3O6. The van der Waals surface area contributed by atoms with Gasteiger partial charge in [0, 0.05) is 18.9 Å². The number of aliphatic hydroxyl groups excluding tert-OH is 1. The third-order valence-electron chi connectivity index (χ3n) is 7.71. The van der Waals surface area contributed by atoms with E-state index in [0.717, 1.165) is 31.2 Å². The Kier molecular flexibility index (Phi) is 14.6. The van der Waals surface area contributed by atoms with Gasteiger partial charge < -0.3 is 26.2 Å². The summed E-state index contributed by atoms with van der Waals surface area (Å²) in [4.78, 5) is 49.7. The monoisotopic (exact) mass is 545 g/mol. The molecule has 1 fully saturated rings. The highest BCUT2D eigenvalue weighted by atomic mass is 16.4. The summed E-state index contributed by atoms with van der Waals surface area (Å²) in [6, 6.07) is 8.02. The van der Waals surface area contributed by atoms with Crippen molar-refractivity contribution in [3.63, 3.8) is 0 Å². The fraction of sp³-hybridized carbons (Fsp3) is 0.667. The van der Waals surface area contributed by atoms with Crippen LogP contribution >= 0.6 is 0 Å². The van der Waals surface area contributed by atoms with Gasteiger partial charge in [-0.2, -0.15) is 0 Å². The molecule has 9 heteroatoms. The molecule has 1 saturated carbocycles. The van der Waals surface area contributed by atoms with Crippen LogP contribution in [-0.4, -0.2) is 58.6 Å². The summed E-state index contributed by atoms with van der Waals surface area (Å²) in [7, 11) is 0. The van der Waals surface area contributed by atoms with Crippen LogP contribution in [0.1, 0.15) is 90.0 Å². The predicted octanol–water partition coefficient (Wildman–Crippen LogP) is 3.34. The molecule has 3 atom stereocenters. The number of carboxylic acid groups (broad SMARTS) is 1. The second-order valence-electron chi connectivity index (χ2n) is 10.7. The van der Waals surface area contributed by atoms with Gasteiger partial charge in [0.05, 0.1) is 18.6 Å². The summed E-state index contributed by atoms with van der Waals surface area (Å²) in [5, 5.41) is 28.6. The van der Waals surface area contributed by atoms with Gasteiger partial charge in [-0.05, 0) is 43.6 Å². The molecule has 0 heterocycles. The number of hydrogen-bond acceptors (Lipinski definition) is 5. The second kappa shape index (κ2) is 17.6. The number of amides is 3. The minimum absolute atomic E-state index is 0.0642. The van der Waals surface area contributed by atoms with Gasteiger partial charge in [0.15, 0.2) is 0 Å². The van der Waals surface area contributed by atoms with Crippen LogP contribution < -0.4 is 16.0 Å². The Labute approximate surface area is 232 Å². The van der Waals surface area contributed by atoms with Gasteiger partial charge in [-0.3, -0.25) is 19.2 Å². The van der Waals surface area contributed by atoms with Crippen LogP contribution in [0.15, 0.2) is 30.3 Å². The standard InChI is InChI=1S/C30H47N3O6/c1-3-23(4-2)29(38)33-25(19-22-13-9-6-10-14-22)26(34)20-27(35)32-24(15-16-28(36)37)30(39)31-18-17-21-11-7-5-8-12-21/h5,7-8,11-12,22-26,34H,3-4,6,9-10,13-20H2,1-2H3,(H,31,39)(H,32,35)(H,33,38)(H,36,37)/t24-,25?,26?/m0/s1. The van der Waals surface area contributed by atoms with Crippen LogP contribution in [-0.2, 0) is 25.6 Å². The Morgan fingerprint density at radius 1 is 0.949 bits per heavy atom. The largest absolute Gasteiger partial charge is 0.481 e. The molecule has 2 rings (SSSR count). The summed E-state index contributed by atoms with van der Waals surface area (Å²) in [5.41, 5.74) is 1.05. The summed E-state index contributed by atoms with van der Waals surface area (Å²) in [6.45, 7) is 4.25. The minimum atomic E-state index is -1.12. The van der Waals surface area contributed by atoms with Crippen LogP contribution in [0.4, 0.5) is 0 Å². The molecule has 0 bridgehead atoms. The Morgan fingerprint density at radius 3 is 2.23 bits per heavy atom. The zero-order valence-electron chi connectivity index (χ0n) is 23.5. The molecule has 1 aromatic carbocycles. The lowest BCUT2D eigenvalue weighted by atomic mass is 9.83. The Hall–Kier alpha value is -2.94. The van der Waals surface area contributed by atoms with Gasteiger partial charge >= 0.3 is 5.97 Å². The smallest absolute Gasteiger partial charge is 0.303 e. The van der Waals surface area contributed by atoms with Crippen molar-refractivity contribution in [1.29, 1.82) is 0 Å². The summed E-state index contributed by atoms with van der Waals surface area (Å²) in [5.74, 6) is -1.97. The lowest BCUT2D eigenvalue weighted by Gasteiger charge is -2.31. The van der Waals surface area contributed by atoms with Crippen LogP contribution in [0.25, 0.3) is 0 Å². The highest BCUT2D eigenvalue weighted by molar-refractivity contribution is 5.88. The van der Waals surface area contributed by atoms with Crippen LogP contribution in [0.2, 0.25) is 0 Å². The zero-order chi connectivity index (χ0) is 28.6. The summed E-state index contributed by atoms with van der Waals surface area (Å²) >= 11 is 0. The van der Waals surface area contributed by atoms with Gasteiger partial charge in [-0.15, -0.1) is 0 Å². The molecule has 218 valence electrons. The Balaban J connectivity index is 2.00. The van der Waals surface area contributed by atoms with Crippen molar-refractivity contribution in [3.05, 3.63) is 35.9 Å². The van der Waals surface area contributed by atoms with Crippen LogP contribution in [0, 0.1) is 11.8 Å². The van der Waals surface area contributed by atoms with Crippen molar-refractivity contribution in [3.8, 4) is 0 Å². The fourth-order valence-electron chi connectivity index (χ4n) is 5.27. The van der Waals surface area contributed by atoms with Crippen LogP contribution in [0.5, 0.6) is 0 Å². The molecular weight excluding hydrogens is 498 g/mol. The first kappa shape index (κ1) is 32.3. The molecule has 1 aromatic rings. The Morgan fingerprint density at radius 2 is 1.62 bits per heavy atom. The number of hydrogen-bond donors (Lipinski definition) is 5. The number of nitrogens with one attached hydrogen (secondary N) is 3. The second-order valence-corrected chi connectivity index (χ2v) is 10.7. The molecule has 0 saturated heterocycles. The van der Waals surface area contributed by atoms with E-state index in [9.17, 15) is 24.3 Å². The van der Waals surface area contributed by atoms with E-state index in [-0.39, 0.29) is 31.1 Å². The van der Waals surface area contributed by atoms with Crippen molar-refractivity contribution >= 4 is 23.7 Å². The molecule has 39 heavy (non-hydrogen) atoms. The van der Waals surface area contributed by atoms with Crippen molar-refractivity contribution in [2.45, 2.75) is 109 Å².